The van der Waals surface area contributed by atoms with E-state index in [0.29, 0.717) is 6.42 Å². The molecule has 6 heteroatoms. The van der Waals surface area contributed by atoms with Crippen LogP contribution in [0.4, 0.5) is 8.78 Å². The number of hydrogen-bond donors (Lipinski definition) is 2. The molecule has 1 aromatic carbocycles. The maximum atomic E-state index is 12.1. The van der Waals surface area contributed by atoms with Gasteiger partial charge in [-0.15, -0.1) is 0 Å². The Bertz CT molecular complexity index is 440. The molecule has 0 saturated heterocycles. The number of carboxylic acids is 1. The maximum absolute atomic E-state index is 12.1. The Morgan fingerprint density at radius 2 is 2.10 bits per heavy atom. The van der Waals surface area contributed by atoms with Gasteiger partial charge in [-0.1, -0.05) is 12.1 Å². The van der Waals surface area contributed by atoms with Gasteiger partial charge in [0.2, 0.25) is 0 Å². The van der Waals surface area contributed by atoms with Gasteiger partial charge in [0.25, 0.3) is 0 Å². The molecule has 1 rings (SSSR count). The lowest BCUT2D eigenvalue weighted by Crippen LogP contribution is -2.29. The number of nitrogens with one attached hydrogen (secondary N) is 1. The summed E-state index contributed by atoms with van der Waals surface area (Å²) in [5, 5.41) is 11.8. The highest BCUT2D eigenvalue weighted by molar-refractivity contribution is 5.66. The Labute approximate surface area is 116 Å². The van der Waals surface area contributed by atoms with Crippen molar-refractivity contribution < 1.29 is 23.4 Å². The molecule has 0 fully saturated rings. The first-order valence-corrected chi connectivity index (χ1v) is 6.41. The third-order valence-electron chi connectivity index (χ3n) is 2.91. The van der Waals surface area contributed by atoms with Crippen molar-refractivity contribution in [3.05, 3.63) is 29.8 Å². The highest BCUT2D eigenvalue weighted by Crippen LogP contribution is 2.21. The number of carbonyl (C=O) groups is 1. The van der Waals surface area contributed by atoms with Gasteiger partial charge in [-0.05, 0) is 38.0 Å². The topological polar surface area (TPSA) is 58.6 Å². The van der Waals surface area contributed by atoms with Gasteiger partial charge >= 0.3 is 12.6 Å². The largest absolute Gasteiger partial charge is 0.481 e. The molecular formula is C14H19F2NO3. The summed E-state index contributed by atoms with van der Waals surface area (Å²) in [6.07, 6.45) is 0.600. The molecule has 112 valence electrons. The minimum atomic E-state index is -2.84. The molecule has 4 nitrogen and oxygen atoms in total. The smallest absolute Gasteiger partial charge is 0.387 e. The number of halogens is 2. The third kappa shape index (κ3) is 5.97. The van der Waals surface area contributed by atoms with E-state index < -0.39 is 12.6 Å². The average Bonchev–Trinajstić information content (AvgIpc) is 2.36. The molecule has 0 heterocycles. The standard InChI is InChI=1S/C14H19F2NO3/c1-9(6-7-13(18)19)17-10(2)11-4-3-5-12(8-11)20-14(15)16/h3-5,8-10,14,17H,6-7H2,1-2H3,(H,18,19). The molecule has 0 aliphatic rings. The van der Waals surface area contributed by atoms with Crippen LogP contribution in [0.1, 0.15) is 38.3 Å². The van der Waals surface area contributed by atoms with Crippen LogP contribution < -0.4 is 10.1 Å². The van der Waals surface area contributed by atoms with Gasteiger partial charge in [0.1, 0.15) is 5.75 Å². The lowest BCUT2D eigenvalue weighted by molar-refractivity contribution is -0.137. The number of hydrogen-bond acceptors (Lipinski definition) is 3. The number of ether oxygens (including phenoxy) is 1. The summed E-state index contributed by atoms with van der Waals surface area (Å²) < 4.78 is 28.6. The zero-order valence-electron chi connectivity index (χ0n) is 11.5. The zero-order valence-corrected chi connectivity index (χ0v) is 11.5. The molecule has 2 unspecified atom stereocenters. The second kappa shape index (κ2) is 7.79. The molecule has 20 heavy (non-hydrogen) atoms. The summed E-state index contributed by atoms with van der Waals surface area (Å²) in [5.74, 6) is -0.719. The first-order chi connectivity index (χ1) is 9.38. The molecule has 2 atom stereocenters. The van der Waals surface area contributed by atoms with Crippen LogP contribution in [0.5, 0.6) is 5.75 Å². The number of alkyl halides is 2. The molecule has 0 spiro atoms. The third-order valence-corrected chi connectivity index (χ3v) is 2.91. The number of carboxylic acid groups (broad SMARTS) is 1. The van der Waals surface area contributed by atoms with Crippen molar-refractivity contribution in [3.8, 4) is 5.75 Å². The molecule has 0 amide bonds. The zero-order chi connectivity index (χ0) is 15.1. The van der Waals surface area contributed by atoms with Crippen molar-refractivity contribution in [1.29, 1.82) is 0 Å². The van der Waals surface area contributed by atoms with Crippen molar-refractivity contribution in [1.82, 2.24) is 5.32 Å². The predicted octanol–water partition coefficient (Wildman–Crippen LogP) is 3.19. The van der Waals surface area contributed by atoms with Crippen LogP contribution >= 0.6 is 0 Å². The van der Waals surface area contributed by atoms with Crippen molar-refractivity contribution in [2.75, 3.05) is 0 Å². The van der Waals surface area contributed by atoms with Gasteiger partial charge in [-0.2, -0.15) is 8.78 Å². The van der Waals surface area contributed by atoms with Crippen molar-refractivity contribution in [2.24, 2.45) is 0 Å². The first-order valence-electron chi connectivity index (χ1n) is 6.41. The van der Waals surface area contributed by atoms with Crippen LogP contribution in [-0.4, -0.2) is 23.7 Å². The molecule has 0 radical (unpaired) electrons. The molecule has 0 bridgehead atoms. The second-order valence-corrected chi connectivity index (χ2v) is 4.67. The fourth-order valence-electron chi connectivity index (χ4n) is 1.91. The van der Waals surface area contributed by atoms with Crippen molar-refractivity contribution >= 4 is 5.97 Å². The molecule has 0 aromatic heterocycles. The molecule has 0 saturated carbocycles. The summed E-state index contributed by atoms with van der Waals surface area (Å²) in [4.78, 5) is 10.5. The van der Waals surface area contributed by atoms with E-state index in [1.54, 1.807) is 18.2 Å². The Balaban J connectivity index is 2.58. The lowest BCUT2D eigenvalue weighted by Gasteiger charge is -2.20. The Hall–Kier alpha value is -1.69. The minimum Gasteiger partial charge on any atom is -0.481 e. The van der Waals surface area contributed by atoms with Crippen LogP contribution in [-0.2, 0) is 4.79 Å². The average molecular weight is 287 g/mol. The number of benzene rings is 1. The summed E-state index contributed by atoms with van der Waals surface area (Å²) in [5.41, 5.74) is 0.810. The fourth-order valence-corrected chi connectivity index (χ4v) is 1.91. The van der Waals surface area contributed by atoms with E-state index in [1.165, 1.54) is 6.07 Å². The van der Waals surface area contributed by atoms with Gasteiger partial charge in [-0.3, -0.25) is 4.79 Å². The SMILES string of the molecule is CC(CCC(=O)O)NC(C)c1cccc(OC(F)F)c1. The Morgan fingerprint density at radius 3 is 2.70 bits per heavy atom. The van der Waals surface area contributed by atoms with Crippen LogP contribution in [0.25, 0.3) is 0 Å². The summed E-state index contributed by atoms with van der Waals surface area (Å²) in [7, 11) is 0. The van der Waals surface area contributed by atoms with E-state index in [2.05, 4.69) is 10.1 Å². The van der Waals surface area contributed by atoms with Crippen LogP contribution in [0.2, 0.25) is 0 Å². The van der Waals surface area contributed by atoms with Gasteiger partial charge in [0, 0.05) is 18.5 Å². The van der Waals surface area contributed by atoms with E-state index >= 15 is 0 Å². The maximum Gasteiger partial charge on any atom is 0.387 e. The predicted molar refractivity (Wildman–Crippen MR) is 71.0 cm³/mol. The van der Waals surface area contributed by atoms with Crippen molar-refractivity contribution in [3.63, 3.8) is 0 Å². The van der Waals surface area contributed by atoms with Gasteiger partial charge in [-0.25, -0.2) is 0 Å². The molecule has 0 aliphatic carbocycles. The normalized spacial score (nSPS) is 14.1. The molecule has 0 aliphatic heterocycles. The summed E-state index contributed by atoms with van der Waals surface area (Å²) >= 11 is 0. The first kappa shape index (κ1) is 16.4. The summed E-state index contributed by atoms with van der Waals surface area (Å²) in [6, 6.07) is 6.40. The Morgan fingerprint density at radius 1 is 1.40 bits per heavy atom. The lowest BCUT2D eigenvalue weighted by atomic mass is 10.1. The van der Waals surface area contributed by atoms with Crippen LogP contribution in [0, 0.1) is 0 Å². The van der Waals surface area contributed by atoms with Gasteiger partial charge in [0.15, 0.2) is 0 Å². The van der Waals surface area contributed by atoms with Gasteiger partial charge in [0.05, 0.1) is 0 Å². The highest BCUT2D eigenvalue weighted by Gasteiger charge is 2.12. The van der Waals surface area contributed by atoms with Crippen LogP contribution in [0.15, 0.2) is 24.3 Å². The second-order valence-electron chi connectivity index (χ2n) is 4.67. The van der Waals surface area contributed by atoms with Gasteiger partial charge < -0.3 is 15.2 Å². The van der Waals surface area contributed by atoms with E-state index in [4.69, 9.17) is 5.11 Å². The minimum absolute atomic E-state index is 0.0146. The summed E-state index contributed by atoms with van der Waals surface area (Å²) in [6.45, 7) is 0.931. The van der Waals surface area contributed by atoms with E-state index in [9.17, 15) is 13.6 Å². The Kier molecular flexibility index (Phi) is 6.38. The van der Waals surface area contributed by atoms with Crippen molar-refractivity contribution in [2.45, 2.75) is 45.4 Å². The quantitative estimate of drug-likeness (QED) is 0.771. The number of rotatable bonds is 8. The van der Waals surface area contributed by atoms with E-state index in [0.717, 1.165) is 5.56 Å². The molecular weight excluding hydrogens is 268 g/mol. The highest BCUT2D eigenvalue weighted by atomic mass is 19.3. The monoisotopic (exact) mass is 287 g/mol. The number of aliphatic carboxylic acids is 1. The fraction of sp³-hybridized carbons (Fsp3) is 0.500. The van der Waals surface area contributed by atoms with Crippen LogP contribution in [0.3, 0.4) is 0 Å². The molecule has 1 aromatic rings. The van der Waals surface area contributed by atoms with E-state index in [1.807, 2.05) is 13.8 Å². The molecule has 2 N–H and O–H groups in total. The van der Waals surface area contributed by atoms with E-state index in [-0.39, 0.29) is 24.3 Å².